The van der Waals surface area contributed by atoms with Gasteiger partial charge in [-0.25, -0.2) is 0 Å². The van der Waals surface area contributed by atoms with Crippen molar-refractivity contribution in [2.24, 2.45) is 7.05 Å². The second-order valence-corrected chi connectivity index (χ2v) is 2.98. The summed E-state index contributed by atoms with van der Waals surface area (Å²) in [7, 11) is 5.48. The van der Waals surface area contributed by atoms with Crippen molar-refractivity contribution in [3.63, 3.8) is 0 Å². The Kier molecular flexibility index (Phi) is 2.84. The van der Waals surface area contributed by atoms with Gasteiger partial charge < -0.3 is 4.90 Å². The zero-order valence-corrected chi connectivity index (χ0v) is 8.06. The van der Waals surface area contributed by atoms with Crippen LogP contribution in [0.25, 0.3) is 0 Å². The van der Waals surface area contributed by atoms with Crippen molar-refractivity contribution in [1.29, 1.82) is 0 Å². The fourth-order valence-electron chi connectivity index (χ4n) is 0.918. The average molecular weight is 179 g/mol. The van der Waals surface area contributed by atoms with Gasteiger partial charge in [0.05, 0.1) is 0 Å². The minimum atomic E-state index is -0.0336. The van der Waals surface area contributed by atoms with Crippen LogP contribution in [-0.4, -0.2) is 34.6 Å². The van der Waals surface area contributed by atoms with E-state index in [9.17, 15) is 4.79 Å². The molecule has 70 valence electrons. The van der Waals surface area contributed by atoms with Gasteiger partial charge in [0.15, 0.2) is 0 Å². The number of allylic oxidation sites excluding steroid dienone is 1. The van der Waals surface area contributed by atoms with Crippen molar-refractivity contribution in [3.05, 3.63) is 30.2 Å². The van der Waals surface area contributed by atoms with Gasteiger partial charge in [-0.05, 0) is 6.07 Å². The molecular weight excluding hydrogens is 166 g/mol. The summed E-state index contributed by atoms with van der Waals surface area (Å²) < 4.78 is 1.56. The number of aromatic nitrogens is 2. The van der Waals surface area contributed by atoms with Gasteiger partial charge in [-0.3, -0.25) is 9.48 Å². The van der Waals surface area contributed by atoms with Crippen LogP contribution in [0.2, 0.25) is 0 Å². The minimum Gasteiger partial charge on any atom is -0.383 e. The van der Waals surface area contributed by atoms with Crippen molar-refractivity contribution in [2.75, 3.05) is 14.1 Å². The third kappa shape index (κ3) is 2.43. The Labute approximate surface area is 77.5 Å². The van der Waals surface area contributed by atoms with E-state index in [0.29, 0.717) is 5.69 Å². The first-order valence-electron chi connectivity index (χ1n) is 3.98. The molecule has 1 heterocycles. The number of rotatable bonds is 3. The molecule has 0 aromatic carbocycles. The van der Waals surface area contributed by atoms with Gasteiger partial charge in [-0.15, -0.1) is 0 Å². The molecule has 0 saturated heterocycles. The van der Waals surface area contributed by atoms with Gasteiger partial charge in [0, 0.05) is 39.6 Å². The van der Waals surface area contributed by atoms with Gasteiger partial charge >= 0.3 is 0 Å². The standard InChI is InChI=1S/C9H13N3O/c1-11(2)7-5-9(13)8-4-6-10-12(8)3/h4-7H,1-3H3/b7-5+. The van der Waals surface area contributed by atoms with Gasteiger partial charge in [0.2, 0.25) is 5.78 Å². The van der Waals surface area contributed by atoms with Crippen LogP contribution in [0.3, 0.4) is 0 Å². The summed E-state index contributed by atoms with van der Waals surface area (Å²) in [5.74, 6) is -0.0336. The lowest BCUT2D eigenvalue weighted by molar-refractivity contribution is 0.103. The van der Waals surface area contributed by atoms with Crippen molar-refractivity contribution < 1.29 is 4.79 Å². The third-order valence-electron chi connectivity index (χ3n) is 1.60. The summed E-state index contributed by atoms with van der Waals surface area (Å²) >= 11 is 0. The Bertz CT molecular complexity index is 325. The smallest absolute Gasteiger partial charge is 0.205 e. The Balaban J connectivity index is 2.75. The Morgan fingerprint density at radius 2 is 2.31 bits per heavy atom. The van der Waals surface area contributed by atoms with Gasteiger partial charge in [0.25, 0.3) is 0 Å². The molecule has 0 atom stereocenters. The molecule has 4 heteroatoms. The predicted molar refractivity (Wildman–Crippen MR) is 50.4 cm³/mol. The fourth-order valence-corrected chi connectivity index (χ4v) is 0.918. The van der Waals surface area contributed by atoms with E-state index in [1.807, 2.05) is 19.0 Å². The molecular formula is C9H13N3O. The van der Waals surface area contributed by atoms with Crippen molar-refractivity contribution in [2.45, 2.75) is 0 Å². The maximum Gasteiger partial charge on any atom is 0.205 e. The van der Waals surface area contributed by atoms with E-state index in [4.69, 9.17) is 0 Å². The van der Waals surface area contributed by atoms with Crippen LogP contribution < -0.4 is 0 Å². The fraction of sp³-hybridized carbons (Fsp3) is 0.333. The van der Waals surface area contributed by atoms with Crippen molar-refractivity contribution >= 4 is 5.78 Å². The molecule has 0 amide bonds. The van der Waals surface area contributed by atoms with Crippen LogP contribution in [-0.2, 0) is 7.05 Å². The number of hydrogen-bond donors (Lipinski definition) is 0. The highest BCUT2D eigenvalue weighted by atomic mass is 16.1. The molecule has 1 aromatic rings. The van der Waals surface area contributed by atoms with E-state index < -0.39 is 0 Å². The van der Waals surface area contributed by atoms with Crippen LogP contribution in [0.1, 0.15) is 10.5 Å². The van der Waals surface area contributed by atoms with Crippen LogP contribution >= 0.6 is 0 Å². The summed E-state index contributed by atoms with van der Waals surface area (Å²) in [5, 5.41) is 3.91. The first kappa shape index (κ1) is 9.51. The Hall–Kier alpha value is -1.58. The second kappa shape index (κ2) is 3.89. The summed E-state index contributed by atoms with van der Waals surface area (Å²) in [6.45, 7) is 0. The number of aryl methyl sites for hydroxylation is 1. The molecule has 4 nitrogen and oxygen atoms in total. The topological polar surface area (TPSA) is 38.1 Å². The van der Waals surface area contributed by atoms with E-state index in [1.54, 1.807) is 30.2 Å². The normalized spacial score (nSPS) is 10.7. The first-order chi connectivity index (χ1) is 6.11. The highest BCUT2D eigenvalue weighted by molar-refractivity contribution is 6.03. The van der Waals surface area contributed by atoms with E-state index in [0.717, 1.165) is 0 Å². The van der Waals surface area contributed by atoms with Crippen molar-refractivity contribution in [1.82, 2.24) is 14.7 Å². The van der Waals surface area contributed by atoms with Crippen molar-refractivity contribution in [3.8, 4) is 0 Å². The number of carbonyl (C=O) groups excluding carboxylic acids is 1. The molecule has 0 aliphatic carbocycles. The maximum absolute atomic E-state index is 11.5. The molecule has 1 rings (SSSR count). The van der Waals surface area contributed by atoms with Crippen LogP contribution in [0.5, 0.6) is 0 Å². The molecule has 0 fully saturated rings. The zero-order valence-electron chi connectivity index (χ0n) is 8.06. The highest BCUT2D eigenvalue weighted by Gasteiger charge is 2.05. The van der Waals surface area contributed by atoms with E-state index >= 15 is 0 Å². The predicted octanol–water partition coefficient (Wildman–Crippen LogP) is 0.678. The molecule has 13 heavy (non-hydrogen) atoms. The third-order valence-corrected chi connectivity index (χ3v) is 1.60. The lowest BCUT2D eigenvalue weighted by Gasteiger charge is -2.02. The molecule has 0 aliphatic heterocycles. The Morgan fingerprint density at radius 3 is 2.77 bits per heavy atom. The molecule has 0 spiro atoms. The summed E-state index contributed by atoms with van der Waals surface area (Å²) in [5.41, 5.74) is 0.595. The summed E-state index contributed by atoms with van der Waals surface area (Å²) in [6, 6.07) is 1.70. The SMILES string of the molecule is CN(C)/C=C/C(=O)c1ccnn1C. The lowest BCUT2D eigenvalue weighted by atomic mass is 10.3. The molecule has 1 aromatic heterocycles. The number of carbonyl (C=O) groups is 1. The van der Waals surface area contributed by atoms with Gasteiger partial charge in [-0.1, -0.05) is 0 Å². The van der Waals surface area contributed by atoms with E-state index in [-0.39, 0.29) is 5.78 Å². The molecule has 0 aliphatic rings. The maximum atomic E-state index is 11.5. The molecule has 0 N–H and O–H groups in total. The number of nitrogens with zero attached hydrogens (tertiary/aromatic N) is 3. The minimum absolute atomic E-state index is 0.0336. The quantitative estimate of drug-likeness (QED) is 0.506. The molecule has 0 bridgehead atoms. The van der Waals surface area contributed by atoms with Crippen LogP contribution in [0, 0.1) is 0 Å². The number of ketones is 1. The zero-order chi connectivity index (χ0) is 9.84. The number of hydrogen-bond acceptors (Lipinski definition) is 3. The van der Waals surface area contributed by atoms with E-state index in [1.165, 1.54) is 6.08 Å². The highest BCUT2D eigenvalue weighted by Crippen LogP contribution is 1.98. The molecule has 0 saturated carbocycles. The Morgan fingerprint density at radius 1 is 1.62 bits per heavy atom. The van der Waals surface area contributed by atoms with Crippen LogP contribution in [0.15, 0.2) is 24.5 Å². The monoisotopic (exact) mass is 179 g/mol. The summed E-state index contributed by atoms with van der Waals surface area (Å²) in [4.78, 5) is 13.3. The molecule has 0 radical (unpaired) electrons. The van der Waals surface area contributed by atoms with E-state index in [2.05, 4.69) is 5.10 Å². The lowest BCUT2D eigenvalue weighted by Crippen LogP contribution is -2.06. The van der Waals surface area contributed by atoms with Gasteiger partial charge in [0.1, 0.15) is 5.69 Å². The first-order valence-corrected chi connectivity index (χ1v) is 3.98. The molecule has 0 unspecified atom stereocenters. The van der Waals surface area contributed by atoms with Crippen LogP contribution in [0.4, 0.5) is 0 Å². The summed E-state index contributed by atoms with van der Waals surface area (Å²) in [6.07, 6.45) is 4.85. The second-order valence-electron chi connectivity index (χ2n) is 2.98. The largest absolute Gasteiger partial charge is 0.383 e. The van der Waals surface area contributed by atoms with Gasteiger partial charge in [-0.2, -0.15) is 5.10 Å². The average Bonchev–Trinajstić information content (AvgIpc) is 2.47.